The summed E-state index contributed by atoms with van der Waals surface area (Å²) in [5.41, 5.74) is 2.19. The van der Waals surface area contributed by atoms with Gasteiger partial charge in [0.2, 0.25) is 0 Å². The van der Waals surface area contributed by atoms with Crippen LogP contribution in [0.3, 0.4) is 0 Å². The molecule has 0 unspecified atom stereocenters. The Kier molecular flexibility index (Phi) is 7.28. The highest BCUT2D eigenvalue weighted by Crippen LogP contribution is 2.42. The van der Waals surface area contributed by atoms with E-state index in [1.807, 2.05) is 42.5 Å². The molecule has 33 heavy (non-hydrogen) atoms. The van der Waals surface area contributed by atoms with Gasteiger partial charge in [-0.1, -0.05) is 43.5 Å². The molecule has 0 bridgehead atoms. The van der Waals surface area contributed by atoms with Crippen LogP contribution in [0.25, 0.3) is 6.08 Å². The highest BCUT2D eigenvalue weighted by molar-refractivity contribution is 8.04. The number of likely N-dealkylation sites (N-methyl/N-ethyl adjacent to an activating group) is 1. The lowest BCUT2D eigenvalue weighted by atomic mass is 10.1. The summed E-state index contributed by atoms with van der Waals surface area (Å²) < 4.78 is 10.7. The first kappa shape index (κ1) is 23.2. The van der Waals surface area contributed by atoms with E-state index in [9.17, 15) is 9.59 Å². The van der Waals surface area contributed by atoms with Crippen molar-refractivity contribution in [3.05, 3.63) is 52.4 Å². The van der Waals surface area contributed by atoms with Gasteiger partial charge in [-0.05, 0) is 54.8 Å². The van der Waals surface area contributed by atoms with E-state index in [0.29, 0.717) is 22.0 Å². The van der Waals surface area contributed by atoms with Crippen molar-refractivity contribution >= 4 is 35.3 Å². The first-order chi connectivity index (χ1) is 16.0. The van der Waals surface area contributed by atoms with Crippen LogP contribution in [0.15, 0.2) is 46.2 Å². The van der Waals surface area contributed by atoms with Gasteiger partial charge in [0.15, 0.2) is 11.5 Å². The second-order valence-corrected chi connectivity index (χ2v) is 9.52. The van der Waals surface area contributed by atoms with Gasteiger partial charge < -0.3 is 19.7 Å². The number of anilines is 1. The zero-order valence-corrected chi connectivity index (χ0v) is 20.2. The summed E-state index contributed by atoms with van der Waals surface area (Å²) >= 11 is 1.41. The number of carbonyl (C=O) groups excluding carboxylic acids is 2. The fourth-order valence-corrected chi connectivity index (χ4v) is 5.41. The molecule has 0 saturated heterocycles. The van der Waals surface area contributed by atoms with Crippen molar-refractivity contribution in [2.45, 2.75) is 49.5 Å². The minimum atomic E-state index is -0.108. The van der Waals surface area contributed by atoms with E-state index in [4.69, 9.17) is 9.47 Å². The Morgan fingerprint density at radius 2 is 1.76 bits per heavy atom. The zero-order chi connectivity index (χ0) is 23.4. The third kappa shape index (κ3) is 5.19. The Labute approximate surface area is 199 Å². The third-order valence-electron chi connectivity index (χ3n) is 6.21. The van der Waals surface area contributed by atoms with E-state index in [1.165, 1.54) is 24.6 Å². The Bertz CT molecular complexity index is 1070. The van der Waals surface area contributed by atoms with E-state index >= 15 is 0 Å². The molecule has 7 heteroatoms. The highest BCUT2D eigenvalue weighted by Gasteiger charge is 2.28. The number of fused-ring (bicyclic) bond motifs is 1. The molecule has 1 fully saturated rings. The molecule has 0 atom stereocenters. The summed E-state index contributed by atoms with van der Waals surface area (Å²) in [6.07, 6.45) is 8.74. The molecule has 1 saturated carbocycles. The van der Waals surface area contributed by atoms with Crippen LogP contribution in [-0.2, 0) is 4.79 Å². The molecule has 6 nitrogen and oxygen atoms in total. The topological polar surface area (TPSA) is 67.9 Å². The number of ether oxygens (including phenoxy) is 2. The van der Waals surface area contributed by atoms with Crippen LogP contribution in [0.1, 0.15) is 54.4 Å². The number of hydrogen-bond acceptors (Lipinski definition) is 5. The predicted molar refractivity (Wildman–Crippen MR) is 132 cm³/mol. The summed E-state index contributed by atoms with van der Waals surface area (Å²) in [5.74, 6) is 1.07. The van der Waals surface area contributed by atoms with Crippen LogP contribution in [0.5, 0.6) is 11.5 Å². The molecule has 0 spiro atoms. The van der Waals surface area contributed by atoms with Gasteiger partial charge in [0, 0.05) is 23.5 Å². The number of nitrogens with one attached hydrogen (secondary N) is 1. The number of hydrogen-bond donors (Lipinski definition) is 1. The van der Waals surface area contributed by atoms with Crippen LogP contribution in [0, 0.1) is 0 Å². The Hall–Kier alpha value is -2.93. The van der Waals surface area contributed by atoms with E-state index in [-0.39, 0.29) is 17.9 Å². The van der Waals surface area contributed by atoms with Gasteiger partial charge >= 0.3 is 0 Å². The third-order valence-corrected chi connectivity index (χ3v) is 7.29. The van der Waals surface area contributed by atoms with Crippen LogP contribution < -0.4 is 19.7 Å². The number of benzene rings is 2. The van der Waals surface area contributed by atoms with Crippen LogP contribution >= 0.6 is 11.8 Å². The fraction of sp³-hybridized carbons (Fsp3) is 0.385. The minimum Gasteiger partial charge on any atom is -0.493 e. The summed E-state index contributed by atoms with van der Waals surface area (Å²) in [6.45, 7) is 0. The van der Waals surface area contributed by atoms with E-state index in [1.54, 1.807) is 26.2 Å². The number of carbonyl (C=O) groups is 2. The first-order valence-corrected chi connectivity index (χ1v) is 12.2. The molecule has 1 N–H and O–H groups in total. The van der Waals surface area contributed by atoms with Gasteiger partial charge in [0.25, 0.3) is 11.8 Å². The zero-order valence-electron chi connectivity index (χ0n) is 19.3. The molecule has 0 aromatic heterocycles. The first-order valence-electron chi connectivity index (χ1n) is 11.3. The van der Waals surface area contributed by atoms with Gasteiger partial charge in [-0.25, -0.2) is 0 Å². The van der Waals surface area contributed by atoms with Gasteiger partial charge in [0.05, 0.1) is 24.8 Å². The highest BCUT2D eigenvalue weighted by atomic mass is 32.2. The van der Waals surface area contributed by atoms with Gasteiger partial charge in [-0.2, -0.15) is 0 Å². The fourth-order valence-electron chi connectivity index (χ4n) is 4.32. The maximum Gasteiger partial charge on any atom is 0.264 e. The van der Waals surface area contributed by atoms with Crippen LogP contribution in [-0.4, -0.2) is 39.1 Å². The van der Waals surface area contributed by atoms with Crippen molar-refractivity contribution in [1.82, 2.24) is 5.32 Å². The molecule has 2 aromatic rings. The van der Waals surface area contributed by atoms with Crippen LogP contribution in [0.2, 0.25) is 0 Å². The standard InChI is InChI=1S/C26H30N2O4S/c1-28-20-16-18(25(29)27-19-8-6-4-5-7-9-19)11-13-23(20)33-24(26(28)30)15-17-10-12-21(31-2)22(14-17)32-3/h10-16,19H,4-9H2,1-3H3,(H,27,29)/b24-15-. The molecule has 1 heterocycles. The van der Waals surface area contributed by atoms with Crippen molar-refractivity contribution < 1.29 is 19.1 Å². The van der Waals surface area contributed by atoms with Gasteiger partial charge in [-0.3, -0.25) is 9.59 Å². The molecule has 4 rings (SSSR count). The van der Waals surface area contributed by atoms with Crippen molar-refractivity contribution in [2.75, 3.05) is 26.2 Å². The number of nitrogens with zero attached hydrogens (tertiary/aromatic N) is 1. The second kappa shape index (κ2) is 10.3. The number of rotatable bonds is 5. The lowest BCUT2D eigenvalue weighted by molar-refractivity contribution is -0.114. The number of methoxy groups -OCH3 is 2. The molecule has 0 radical (unpaired) electrons. The van der Waals surface area contributed by atoms with Crippen molar-refractivity contribution in [2.24, 2.45) is 0 Å². The second-order valence-electron chi connectivity index (χ2n) is 8.43. The Morgan fingerprint density at radius 1 is 1.03 bits per heavy atom. The molecular weight excluding hydrogens is 436 g/mol. The van der Waals surface area contributed by atoms with Crippen molar-refractivity contribution in [1.29, 1.82) is 0 Å². The molecule has 1 aliphatic carbocycles. The quantitative estimate of drug-likeness (QED) is 0.481. The SMILES string of the molecule is COc1ccc(/C=C2\Sc3ccc(C(=O)NC4CCCCCC4)cc3N(C)C2=O)cc1OC. The monoisotopic (exact) mass is 466 g/mol. The molecular formula is C26H30N2O4S. The average molecular weight is 467 g/mol. The summed E-state index contributed by atoms with van der Waals surface area (Å²) in [7, 11) is 4.92. The Morgan fingerprint density at radius 3 is 2.45 bits per heavy atom. The Balaban J connectivity index is 1.55. The summed E-state index contributed by atoms with van der Waals surface area (Å²) in [5, 5.41) is 3.19. The number of amides is 2. The summed E-state index contributed by atoms with van der Waals surface area (Å²) in [4.78, 5) is 29.1. The van der Waals surface area contributed by atoms with Crippen LogP contribution in [0.4, 0.5) is 5.69 Å². The molecule has 1 aliphatic heterocycles. The van der Waals surface area contributed by atoms with Gasteiger partial charge in [-0.15, -0.1) is 0 Å². The summed E-state index contributed by atoms with van der Waals surface area (Å²) in [6, 6.07) is 11.4. The average Bonchev–Trinajstić information content (AvgIpc) is 3.10. The lowest BCUT2D eigenvalue weighted by Crippen LogP contribution is -2.35. The smallest absolute Gasteiger partial charge is 0.264 e. The largest absolute Gasteiger partial charge is 0.493 e. The van der Waals surface area contributed by atoms with Gasteiger partial charge in [0.1, 0.15) is 0 Å². The van der Waals surface area contributed by atoms with E-state index in [2.05, 4.69) is 5.32 Å². The minimum absolute atomic E-state index is 0.0674. The number of thioether (sulfide) groups is 1. The predicted octanol–water partition coefficient (Wildman–Crippen LogP) is 5.27. The van der Waals surface area contributed by atoms with E-state index < -0.39 is 0 Å². The maximum absolute atomic E-state index is 13.1. The normalized spacial score (nSPS) is 18.0. The molecule has 2 amide bonds. The molecule has 2 aromatic carbocycles. The van der Waals surface area contributed by atoms with Crippen molar-refractivity contribution in [3.63, 3.8) is 0 Å². The molecule has 2 aliphatic rings. The lowest BCUT2D eigenvalue weighted by Gasteiger charge is -2.27. The van der Waals surface area contributed by atoms with E-state index in [0.717, 1.165) is 41.8 Å². The van der Waals surface area contributed by atoms with Crippen molar-refractivity contribution in [3.8, 4) is 11.5 Å². The molecule has 174 valence electrons. The maximum atomic E-state index is 13.1.